The molecule has 2 rings (SSSR count). The van der Waals surface area contributed by atoms with Gasteiger partial charge in [0.2, 0.25) is 0 Å². The Bertz CT molecular complexity index is 591. The number of aromatic nitrogens is 1. The normalized spacial score (nSPS) is 10.7. The second-order valence-electron chi connectivity index (χ2n) is 4.91. The fourth-order valence-electron chi connectivity index (χ4n) is 2.06. The van der Waals surface area contributed by atoms with Crippen molar-refractivity contribution in [3.8, 4) is 11.1 Å². The van der Waals surface area contributed by atoms with E-state index in [9.17, 15) is 4.79 Å². The van der Waals surface area contributed by atoms with Crippen molar-refractivity contribution in [3.05, 3.63) is 53.9 Å². The van der Waals surface area contributed by atoms with E-state index in [1.807, 2.05) is 32.3 Å². The third-order valence-electron chi connectivity index (χ3n) is 2.96. The average Bonchev–Trinajstić information content (AvgIpc) is 2.39. The van der Waals surface area contributed by atoms with Crippen molar-refractivity contribution in [2.45, 2.75) is 13.5 Å². The van der Waals surface area contributed by atoms with Crippen LogP contribution in [0.15, 0.2) is 42.7 Å². The molecule has 0 aliphatic carbocycles. The van der Waals surface area contributed by atoms with E-state index in [1.165, 1.54) is 5.56 Å². The lowest BCUT2D eigenvalue weighted by Crippen LogP contribution is -2.11. The molecule has 0 spiro atoms. The molecule has 0 saturated carbocycles. The first-order valence-corrected chi connectivity index (χ1v) is 6.27. The number of carbonyl (C=O) groups excluding carboxylic acids is 1. The second kappa shape index (κ2) is 5.76. The van der Waals surface area contributed by atoms with Crippen LogP contribution >= 0.6 is 0 Å². The molecule has 0 N–H and O–H groups in total. The number of pyridine rings is 1. The van der Waals surface area contributed by atoms with Gasteiger partial charge in [0.15, 0.2) is 5.78 Å². The average molecular weight is 254 g/mol. The smallest absolute Gasteiger partial charge is 0.161 e. The molecule has 0 radical (unpaired) electrons. The summed E-state index contributed by atoms with van der Waals surface area (Å²) in [5.74, 6) is 0.0411. The minimum Gasteiger partial charge on any atom is -0.305 e. The largest absolute Gasteiger partial charge is 0.305 e. The number of benzene rings is 1. The maximum absolute atomic E-state index is 11.4. The summed E-state index contributed by atoms with van der Waals surface area (Å²) in [5.41, 5.74) is 4.00. The summed E-state index contributed by atoms with van der Waals surface area (Å²) in [6, 6.07) is 10.1. The number of nitrogens with zero attached hydrogens (tertiary/aromatic N) is 2. The first kappa shape index (κ1) is 13.4. The predicted molar refractivity (Wildman–Crippen MR) is 77.1 cm³/mol. The number of hydrogen-bond acceptors (Lipinski definition) is 3. The molecule has 0 amide bonds. The first-order valence-electron chi connectivity index (χ1n) is 6.27. The van der Waals surface area contributed by atoms with E-state index in [4.69, 9.17) is 0 Å². The van der Waals surface area contributed by atoms with Crippen molar-refractivity contribution < 1.29 is 4.79 Å². The Morgan fingerprint density at radius 2 is 1.95 bits per heavy atom. The summed E-state index contributed by atoms with van der Waals surface area (Å²) in [5, 5.41) is 0. The molecular weight excluding hydrogens is 236 g/mol. The van der Waals surface area contributed by atoms with E-state index in [0.717, 1.165) is 17.7 Å². The van der Waals surface area contributed by atoms with Gasteiger partial charge in [-0.25, -0.2) is 0 Å². The first-order chi connectivity index (χ1) is 9.08. The molecule has 0 unspecified atom stereocenters. The van der Waals surface area contributed by atoms with Crippen molar-refractivity contribution in [2.75, 3.05) is 14.1 Å². The summed E-state index contributed by atoms with van der Waals surface area (Å²) in [4.78, 5) is 17.7. The van der Waals surface area contributed by atoms with Gasteiger partial charge in [-0.3, -0.25) is 9.78 Å². The molecule has 1 aromatic carbocycles. The van der Waals surface area contributed by atoms with Crippen LogP contribution in [0.3, 0.4) is 0 Å². The van der Waals surface area contributed by atoms with Crippen molar-refractivity contribution in [1.82, 2.24) is 9.88 Å². The zero-order chi connectivity index (χ0) is 13.8. The van der Waals surface area contributed by atoms with Crippen LogP contribution < -0.4 is 0 Å². The van der Waals surface area contributed by atoms with Crippen LogP contribution in [0.2, 0.25) is 0 Å². The molecule has 0 aliphatic rings. The number of rotatable bonds is 4. The highest BCUT2D eigenvalue weighted by Crippen LogP contribution is 2.24. The van der Waals surface area contributed by atoms with Crippen LogP contribution in [0.5, 0.6) is 0 Å². The number of Topliss-reactive ketones (excluding diaryl/α,β-unsaturated/α-hetero) is 1. The highest BCUT2D eigenvalue weighted by Gasteiger charge is 2.08. The number of ketones is 1. The molecule has 3 heteroatoms. The van der Waals surface area contributed by atoms with Crippen molar-refractivity contribution in [2.24, 2.45) is 0 Å². The maximum Gasteiger partial charge on any atom is 0.161 e. The van der Waals surface area contributed by atoms with Gasteiger partial charge in [0.1, 0.15) is 0 Å². The summed E-state index contributed by atoms with van der Waals surface area (Å²) >= 11 is 0. The van der Waals surface area contributed by atoms with Gasteiger partial charge in [0.05, 0.1) is 0 Å². The van der Waals surface area contributed by atoms with E-state index in [2.05, 4.69) is 22.0 Å². The summed E-state index contributed by atoms with van der Waals surface area (Å²) in [6.07, 6.45) is 3.42. The van der Waals surface area contributed by atoms with Gasteiger partial charge in [-0.05, 0) is 38.2 Å². The van der Waals surface area contributed by atoms with E-state index in [-0.39, 0.29) is 5.78 Å². The van der Waals surface area contributed by atoms with Gasteiger partial charge in [-0.15, -0.1) is 0 Å². The molecule has 0 atom stereocenters. The standard InChI is InChI=1S/C16H18N2O/c1-12(19)14-8-15(10-17-9-14)16-7-5-4-6-13(16)11-18(2)3/h4-10H,11H2,1-3H3. The second-order valence-corrected chi connectivity index (χ2v) is 4.91. The molecule has 1 heterocycles. The van der Waals surface area contributed by atoms with E-state index >= 15 is 0 Å². The predicted octanol–water partition coefficient (Wildman–Crippen LogP) is 3.01. The highest BCUT2D eigenvalue weighted by molar-refractivity contribution is 5.94. The Morgan fingerprint density at radius 1 is 1.21 bits per heavy atom. The summed E-state index contributed by atoms with van der Waals surface area (Å²) in [7, 11) is 4.09. The lowest BCUT2D eigenvalue weighted by molar-refractivity contribution is 0.101. The van der Waals surface area contributed by atoms with Crippen LogP contribution in [-0.2, 0) is 6.54 Å². The maximum atomic E-state index is 11.4. The Labute approximate surface area is 113 Å². The lowest BCUT2D eigenvalue weighted by Gasteiger charge is -2.14. The molecule has 0 bridgehead atoms. The molecule has 0 saturated heterocycles. The molecular formula is C16H18N2O. The minimum absolute atomic E-state index is 0.0411. The van der Waals surface area contributed by atoms with Crippen LogP contribution in [0.25, 0.3) is 11.1 Å². The Morgan fingerprint density at radius 3 is 2.63 bits per heavy atom. The zero-order valence-electron chi connectivity index (χ0n) is 11.6. The van der Waals surface area contributed by atoms with Crippen molar-refractivity contribution >= 4 is 5.78 Å². The van der Waals surface area contributed by atoms with Crippen LogP contribution in [-0.4, -0.2) is 29.8 Å². The molecule has 0 aliphatic heterocycles. The third kappa shape index (κ3) is 3.26. The fraction of sp³-hybridized carbons (Fsp3) is 0.250. The number of carbonyl (C=O) groups is 1. The zero-order valence-corrected chi connectivity index (χ0v) is 11.6. The van der Waals surface area contributed by atoms with Crippen LogP contribution in [0.1, 0.15) is 22.8 Å². The molecule has 98 valence electrons. The van der Waals surface area contributed by atoms with Crippen molar-refractivity contribution in [3.63, 3.8) is 0 Å². The molecule has 2 aromatic rings. The molecule has 0 fully saturated rings. The SMILES string of the molecule is CC(=O)c1cncc(-c2ccccc2CN(C)C)c1. The van der Waals surface area contributed by atoms with Gasteiger partial charge in [-0.2, -0.15) is 0 Å². The topological polar surface area (TPSA) is 33.2 Å². The van der Waals surface area contributed by atoms with Gasteiger partial charge >= 0.3 is 0 Å². The van der Waals surface area contributed by atoms with Crippen LogP contribution in [0.4, 0.5) is 0 Å². The molecule has 1 aromatic heterocycles. The monoisotopic (exact) mass is 254 g/mol. The summed E-state index contributed by atoms with van der Waals surface area (Å²) < 4.78 is 0. The van der Waals surface area contributed by atoms with E-state index < -0.39 is 0 Å². The van der Waals surface area contributed by atoms with E-state index in [0.29, 0.717) is 5.56 Å². The van der Waals surface area contributed by atoms with E-state index in [1.54, 1.807) is 19.3 Å². The van der Waals surface area contributed by atoms with Gasteiger partial charge in [0, 0.05) is 30.1 Å². The van der Waals surface area contributed by atoms with Gasteiger partial charge in [0.25, 0.3) is 0 Å². The fourth-order valence-corrected chi connectivity index (χ4v) is 2.06. The highest BCUT2D eigenvalue weighted by atomic mass is 16.1. The minimum atomic E-state index is 0.0411. The lowest BCUT2D eigenvalue weighted by atomic mass is 9.99. The van der Waals surface area contributed by atoms with Crippen LogP contribution in [0, 0.1) is 0 Å². The molecule has 19 heavy (non-hydrogen) atoms. The summed E-state index contributed by atoms with van der Waals surface area (Å²) in [6.45, 7) is 2.42. The third-order valence-corrected chi connectivity index (χ3v) is 2.96. The number of hydrogen-bond donors (Lipinski definition) is 0. The van der Waals surface area contributed by atoms with Crippen molar-refractivity contribution in [1.29, 1.82) is 0 Å². The Kier molecular flexibility index (Phi) is 4.07. The molecule has 3 nitrogen and oxygen atoms in total. The quantitative estimate of drug-likeness (QED) is 0.786. The Balaban J connectivity index is 2.46. The van der Waals surface area contributed by atoms with Gasteiger partial charge < -0.3 is 4.90 Å². The Hall–Kier alpha value is -2.00. The van der Waals surface area contributed by atoms with Gasteiger partial charge in [-0.1, -0.05) is 24.3 Å².